The Morgan fingerprint density at radius 2 is 1.81 bits per heavy atom. The van der Waals surface area contributed by atoms with Crippen molar-refractivity contribution in [3.63, 3.8) is 0 Å². The summed E-state index contributed by atoms with van der Waals surface area (Å²) in [5.41, 5.74) is 9.87. The number of piperidine rings is 1. The number of hydrogen-bond donors (Lipinski definition) is 5. The zero-order valence-corrected chi connectivity index (χ0v) is 22.2. The number of benzene rings is 1. The molecule has 7 N–H and O–H groups in total. The fourth-order valence-electron chi connectivity index (χ4n) is 5.29. The van der Waals surface area contributed by atoms with E-state index >= 15 is 0 Å². The first-order valence-electron chi connectivity index (χ1n) is 12.6. The average Bonchev–Trinajstić information content (AvgIpc) is 2.86. The molecule has 1 aromatic heterocycles. The minimum absolute atomic E-state index is 0.120. The van der Waals surface area contributed by atoms with Gasteiger partial charge in [0, 0.05) is 54.5 Å². The van der Waals surface area contributed by atoms with Crippen LogP contribution in [0.4, 0.5) is 17.2 Å². The van der Waals surface area contributed by atoms with Crippen LogP contribution >= 0.6 is 0 Å². The molecule has 0 spiro atoms. The number of nitrogen functional groups attached to an aromatic ring is 1. The van der Waals surface area contributed by atoms with Gasteiger partial charge in [-0.2, -0.15) is 0 Å². The third-order valence-corrected chi connectivity index (χ3v) is 7.34. The van der Waals surface area contributed by atoms with Gasteiger partial charge in [-0.25, -0.2) is 10.8 Å². The molecule has 0 saturated carbocycles. The van der Waals surface area contributed by atoms with Gasteiger partial charge >= 0.3 is 0 Å². The second-order valence-electron chi connectivity index (χ2n) is 10.3. The predicted molar refractivity (Wildman–Crippen MR) is 148 cm³/mol. The highest BCUT2D eigenvalue weighted by Gasteiger charge is 2.33. The molecule has 3 atom stereocenters. The number of rotatable bonds is 5. The molecule has 37 heavy (non-hydrogen) atoms. The van der Waals surface area contributed by atoms with Gasteiger partial charge in [-0.3, -0.25) is 20.6 Å². The summed E-state index contributed by atoms with van der Waals surface area (Å²) in [7, 11) is 1.70. The fourth-order valence-corrected chi connectivity index (χ4v) is 5.29. The Balaban J connectivity index is 1.58. The minimum Gasteiger partial charge on any atom is -0.398 e. The molecule has 1 fully saturated rings. The first kappa shape index (κ1) is 26.2. The second-order valence-corrected chi connectivity index (χ2v) is 10.3. The number of nitrogens with two attached hydrogens (primary N) is 2. The summed E-state index contributed by atoms with van der Waals surface area (Å²) in [5.74, 6) is 7.87. The number of nitrogens with one attached hydrogen (secondary N) is 3. The molecule has 0 bridgehead atoms. The Labute approximate surface area is 218 Å². The number of guanidine groups is 1. The Kier molecular flexibility index (Phi) is 7.22. The molecule has 196 valence electrons. The molecule has 4 rings (SSSR count). The van der Waals surface area contributed by atoms with Crippen molar-refractivity contribution in [3.05, 3.63) is 58.9 Å². The van der Waals surface area contributed by atoms with Crippen molar-refractivity contribution >= 4 is 34.8 Å². The van der Waals surface area contributed by atoms with Gasteiger partial charge in [-0.05, 0) is 62.4 Å². The lowest BCUT2D eigenvalue weighted by Gasteiger charge is -2.39. The highest BCUT2D eigenvalue weighted by molar-refractivity contribution is 6.15. The Hall–Kier alpha value is -3.92. The third kappa shape index (κ3) is 5.15. The maximum atomic E-state index is 13.2. The molecule has 1 saturated heterocycles. The number of hydrazine groups is 1. The lowest BCUT2D eigenvalue weighted by Crippen LogP contribution is -2.56. The van der Waals surface area contributed by atoms with Crippen molar-refractivity contribution in [1.29, 1.82) is 10.8 Å². The molecule has 3 heterocycles. The molecular weight excluding hydrogens is 466 g/mol. The maximum Gasteiger partial charge on any atom is 0.255 e. The number of amides is 1. The van der Waals surface area contributed by atoms with Crippen LogP contribution in [-0.4, -0.2) is 58.7 Å². The van der Waals surface area contributed by atoms with E-state index in [1.165, 1.54) is 11.4 Å². The summed E-state index contributed by atoms with van der Waals surface area (Å²) in [5, 5.41) is 21.2. The Morgan fingerprint density at radius 1 is 1.14 bits per heavy atom. The Morgan fingerprint density at radius 3 is 2.49 bits per heavy atom. The van der Waals surface area contributed by atoms with Gasteiger partial charge in [-0.15, -0.1) is 0 Å². The summed E-state index contributed by atoms with van der Waals surface area (Å²) in [6, 6.07) is 8.41. The van der Waals surface area contributed by atoms with Gasteiger partial charge in [0.05, 0.1) is 17.3 Å². The highest BCUT2D eigenvalue weighted by atomic mass is 16.1. The van der Waals surface area contributed by atoms with E-state index in [-0.39, 0.29) is 17.6 Å². The topological polar surface area (TPSA) is 151 Å². The van der Waals surface area contributed by atoms with Crippen LogP contribution in [0.25, 0.3) is 0 Å². The summed E-state index contributed by atoms with van der Waals surface area (Å²) in [4.78, 5) is 21.7. The van der Waals surface area contributed by atoms with Crippen LogP contribution < -0.4 is 21.8 Å². The van der Waals surface area contributed by atoms with Crippen LogP contribution in [0.2, 0.25) is 0 Å². The number of anilines is 3. The predicted octanol–water partition coefficient (Wildman–Crippen LogP) is 3.22. The van der Waals surface area contributed by atoms with E-state index in [1.807, 2.05) is 12.1 Å². The first-order valence-corrected chi connectivity index (χ1v) is 12.6. The number of carbonyl (C=O) groups excluding carboxylic acids is 1. The summed E-state index contributed by atoms with van der Waals surface area (Å²) in [6.45, 7) is 9.99. The lowest BCUT2D eigenvalue weighted by molar-refractivity contribution is -0.113. The number of nitrogens with zero attached hydrogens (tertiary/aromatic N) is 4. The lowest BCUT2D eigenvalue weighted by atomic mass is 9.92. The fraction of sp³-hybridized carbons (Fsp3) is 0.407. The standard InChI is InChI=1S/C27H37N9O/c1-15-10-16(2)14-35(13-15)23-11-19(8-9-32-23)25(29)21-12-20(6-7-22(21)28)33-26(37)24-17(3)34(5)27(30)36(31)18(24)4/h6-9,11-12,15-16,18,29-30H,10,13-14,28,31H2,1-5H3,(H,33,37)/t15-,16+,18-/m1/s1. The van der Waals surface area contributed by atoms with Crippen LogP contribution in [0.3, 0.4) is 0 Å². The van der Waals surface area contributed by atoms with E-state index in [9.17, 15) is 4.79 Å². The zero-order valence-electron chi connectivity index (χ0n) is 22.2. The van der Waals surface area contributed by atoms with Crippen molar-refractivity contribution in [2.45, 2.75) is 40.2 Å². The number of allylic oxidation sites excluding steroid dienone is 1. The van der Waals surface area contributed by atoms with Crippen molar-refractivity contribution in [2.75, 3.05) is 36.1 Å². The smallest absolute Gasteiger partial charge is 0.255 e. The van der Waals surface area contributed by atoms with Crippen molar-refractivity contribution in [1.82, 2.24) is 14.9 Å². The van der Waals surface area contributed by atoms with Gasteiger partial charge in [0.25, 0.3) is 5.91 Å². The Bertz CT molecular complexity index is 1260. The van der Waals surface area contributed by atoms with E-state index in [4.69, 9.17) is 22.4 Å². The van der Waals surface area contributed by atoms with E-state index in [0.29, 0.717) is 45.6 Å². The maximum absolute atomic E-state index is 13.2. The SMILES string of the molecule is CC1=C(C(=O)Nc2ccc(N)c(C(=N)c3ccnc(N4C[C@H](C)C[C@H](C)C4)c3)c2)[C@@H](C)N(N)C(=N)N1C. The third-order valence-electron chi connectivity index (χ3n) is 7.34. The van der Waals surface area contributed by atoms with Gasteiger partial charge in [-0.1, -0.05) is 13.8 Å². The quantitative estimate of drug-likeness (QED) is 0.239. The largest absolute Gasteiger partial charge is 0.398 e. The molecule has 2 aromatic rings. The molecule has 1 amide bonds. The molecular formula is C27H37N9O. The number of pyridine rings is 1. The van der Waals surface area contributed by atoms with Gasteiger partial charge < -0.3 is 20.9 Å². The van der Waals surface area contributed by atoms with Gasteiger partial charge in [0.2, 0.25) is 5.96 Å². The van der Waals surface area contributed by atoms with E-state index in [2.05, 4.69) is 29.0 Å². The summed E-state index contributed by atoms with van der Waals surface area (Å²) < 4.78 is 0. The zero-order chi connectivity index (χ0) is 27.0. The minimum atomic E-state index is -0.467. The number of aromatic nitrogens is 1. The summed E-state index contributed by atoms with van der Waals surface area (Å²) >= 11 is 0. The average molecular weight is 504 g/mol. The molecule has 1 aromatic carbocycles. The van der Waals surface area contributed by atoms with Crippen LogP contribution in [0.1, 0.15) is 45.2 Å². The molecule has 0 unspecified atom stereocenters. The van der Waals surface area contributed by atoms with Gasteiger partial charge in [0.1, 0.15) is 5.82 Å². The highest BCUT2D eigenvalue weighted by Crippen LogP contribution is 2.28. The molecule has 10 heteroatoms. The molecule has 2 aliphatic heterocycles. The normalized spacial score (nSPS) is 22.4. The van der Waals surface area contributed by atoms with E-state index in [0.717, 1.165) is 18.9 Å². The van der Waals surface area contributed by atoms with E-state index < -0.39 is 6.04 Å². The van der Waals surface area contributed by atoms with Crippen LogP contribution in [0.5, 0.6) is 0 Å². The van der Waals surface area contributed by atoms with Crippen LogP contribution in [0.15, 0.2) is 47.8 Å². The van der Waals surface area contributed by atoms with Gasteiger partial charge in [0.15, 0.2) is 0 Å². The molecule has 10 nitrogen and oxygen atoms in total. The molecule has 2 aliphatic rings. The molecule has 0 radical (unpaired) electrons. The van der Waals surface area contributed by atoms with Crippen LogP contribution in [-0.2, 0) is 4.79 Å². The van der Waals surface area contributed by atoms with Crippen molar-refractivity contribution in [2.24, 2.45) is 17.7 Å². The number of carbonyl (C=O) groups is 1. The van der Waals surface area contributed by atoms with Crippen LogP contribution in [0, 0.1) is 22.7 Å². The molecule has 0 aliphatic carbocycles. The first-order chi connectivity index (χ1) is 17.5. The monoisotopic (exact) mass is 503 g/mol. The van der Waals surface area contributed by atoms with Crippen molar-refractivity contribution < 1.29 is 4.79 Å². The summed E-state index contributed by atoms with van der Waals surface area (Å²) in [6.07, 6.45) is 2.94. The second kappa shape index (κ2) is 10.2. The van der Waals surface area contributed by atoms with Crippen molar-refractivity contribution in [3.8, 4) is 0 Å². The van der Waals surface area contributed by atoms with E-state index in [1.54, 1.807) is 50.2 Å². The number of hydrogen-bond acceptors (Lipinski definition) is 7.